The maximum atomic E-state index is 6.44. The summed E-state index contributed by atoms with van der Waals surface area (Å²) in [6.07, 6.45) is 5.48. The third kappa shape index (κ3) is 4.48. The lowest BCUT2D eigenvalue weighted by molar-refractivity contribution is 0.397. The van der Waals surface area contributed by atoms with Gasteiger partial charge in [0.1, 0.15) is 0 Å². The number of allylic oxidation sites excluding steroid dienone is 4. The number of fused-ring (bicyclic) bond motifs is 1. The lowest BCUT2D eigenvalue weighted by atomic mass is 10.0. The fourth-order valence-electron chi connectivity index (χ4n) is 3.82. The molecule has 168 valence electrons. The maximum Gasteiger partial charge on any atom is 0.222 e. The number of nitrogens with zero attached hydrogens (tertiary/aromatic N) is 3. The minimum atomic E-state index is -0.0824. The number of methoxy groups -OCH3 is 1. The van der Waals surface area contributed by atoms with E-state index in [1.807, 2.05) is 12.1 Å². The Labute approximate surface area is 200 Å². The lowest BCUT2D eigenvalue weighted by Crippen LogP contribution is -2.07. The Balaban J connectivity index is 2.17. The molecule has 0 amide bonds. The standard InChI is InChI=1S/C26H29Cl2N3O/c1-8-9-21(28)20(13-27)18(6)31-14-17(5)25-23(31)12-16(4)24(30-25)19-10-11-22(15(2)3)29-26(19)32-7/h8-15,18H,1H2,2-7H3/b20-13+,21-9+. The number of rotatable bonds is 7. The van der Waals surface area contributed by atoms with Crippen LogP contribution in [-0.2, 0) is 0 Å². The molecule has 0 aromatic carbocycles. The number of hydrogen-bond donors (Lipinski definition) is 0. The normalized spacial score (nSPS) is 13.7. The first-order chi connectivity index (χ1) is 15.2. The molecule has 3 heterocycles. The molecule has 0 N–H and O–H groups in total. The summed E-state index contributed by atoms with van der Waals surface area (Å²) in [5.41, 5.74) is 9.11. The largest absolute Gasteiger partial charge is 0.480 e. The van der Waals surface area contributed by atoms with E-state index in [0.29, 0.717) is 16.8 Å². The zero-order valence-electron chi connectivity index (χ0n) is 19.4. The Morgan fingerprint density at radius 1 is 1.16 bits per heavy atom. The zero-order chi connectivity index (χ0) is 23.6. The van der Waals surface area contributed by atoms with Gasteiger partial charge in [0.05, 0.1) is 35.4 Å². The smallest absolute Gasteiger partial charge is 0.222 e. The lowest BCUT2D eigenvalue weighted by Gasteiger charge is -2.19. The van der Waals surface area contributed by atoms with Crippen LogP contribution in [0.15, 0.2) is 59.3 Å². The Morgan fingerprint density at radius 3 is 2.47 bits per heavy atom. The van der Waals surface area contributed by atoms with Crippen molar-refractivity contribution in [2.75, 3.05) is 7.11 Å². The van der Waals surface area contributed by atoms with Crippen LogP contribution in [0.25, 0.3) is 22.3 Å². The van der Waals surface area contributed by atoms with Gasteiger partial charge in [-0.15, -0.1) is 0 Å². The molecule has 0 saturated heterocycles. The average molecular weight is 470 g/mol. The number of pyridine rings is 2. The molecule has 3 rings (SSSR count). The fraction of sp³-hybridized carbons (Fsp3) is 0.308. The van der Waals surface area contributed by atoms with E-state index in [0.717, 1.165) is 44.7 Å². The molecule has 4 nitrogen and oxygen atoms in total. The summed E-state index contributed by atoms with van der Waals surface area (Å²) >= 11 is 12.6. The molecule has 0 spiro atoms. The highest BCUT2D eigenvalue weighted by Gasteiger charge is 2.20. The Hall–Kier alpha value is -2.56. The van der Waals surface area contributed by atoms with Gasteiger partial charge in [-0.25, -0.2) is 9.97 Å². The molecule has 0 aliphatic carbocycles. The fourth-order valence-corrected chi connectivity index (χ4v) is 4.48. The highest BCUT2D eigenvalue weighted by Crippen LogP contribution is 2.36. The maximum absolute atomic E-state index is 6.44. The van der Waals surface area contributed by atoms with Crippen LogP contribution < -0.4 is 4.74 Å². The average Bonchev–Trinajstić information content (AvgIpc) is 3.08. The van der Waals surface area contributed by atoms with Crippen molar-refractivity contribution in [1.82, 2.24) is 14.5 Å². The predicted molar refractivity (Wildman–Crippen MR) is 136 cm³/mol. The van der Waals surface area contributed by atoms with Gasteiger partial charge in [0.15, 0.2) is 0 Å². The first-order valence-electron chi connectivity index (χ1n) is 10.6. The van der Waals surface area contributed by atoms with E-state index in [4.69, 9.17) is 37.9 Å². The molecular formula is C26H29Cl2N3O. The van der Waals surface area contributed by atoms with E-state index in [2.05, 4.69) is 58.0 Å². The van der Waals surface area contributed by atoms with Gasteiger partial charge in [-0.3, -0.25) is 0 Å². The number of hydrogen-bond acceptors (Lipinski definition) is 3. The number of aryl methyl sites for hydroxylation is 2. The van der Waals surface area contributed by atoms with E-state index in [1.165, 1.54) is 5.54 Å². The van der Waals surface area contributed by atoms with Gasteiger partial charge in [0, 0.05) is 28.0 Å². The van der Waals surface area contributed by atoms with Crippen molar-refractivity contribution in [3.05, 3.63) is 76.1 Å². The zero-order valence-corrected chi connectivity index (χ0v) is 20.9. The summed E-state index contributed by atoms with van der Waals surface area (Å²) in [6.45, 7) is 14.1. The molecule has 32 heavy (non-hydrogen) atoms. The van der Waals surface area contributed by atoms with Crippen molar-refractivity contribution < 1.29 is 4.74 Å². The van der Waals surface area contributed by atoms with Crippen molar-refractivity contribution in [2.45, 2.75) is 46.6 Å². The second kappa shape index (κ2) is 9.93. The summed E-state index contributed by atoms with van der Waals surface area (Å²) in [7, 11) is 1.65. The monoisotopic (exact) mass is 469 g/mol. The molecule has 0 bridgehead atoms. The molecule has 0 radical (unpaired) electrons. The first kappa shape index (κ1) is 24.1. The van der Waals surface area contributed by atoms with Crippen molar-refractivity contribution in [2.24, 2.45) is 0 Å². The summed E-state index contributed by atoms with van der Waals surface area (Å²) in [6, 6.07) is 6.15. The van der Waals surface area contributed by atoms with E-state index in [-0.39, 0.29) is 6.04 Å². The Morgan fingerprint density at radius 2 is 1.88 bits per heavy atom. The van der Waals surface area contributed by atoms with Crippen LogP contribution in [0.5, 0.6) is 5.88 Å². The minimum absolute atomic E-state index is 0.0824. The second-order valence-corrected chi connectivity index (χ2v) is 8.80. The second-order valence-electron chi connectivity index (χ2n) is 8.18. The van der Waals surface area contributed by atoms with E-state index >= 15 is 0 Å². The van der Waals surface area contributed by atoms with Crippen LogP contribution in [0, 0.1) is 13.8 Å². The van der Waals surface area contributed by atoms with Gasteiger partial charge in [-0.1, -0.05) is 49.7 Å². The first-order valence-corrected chi connectivity index (χ1v) is 11.4. The summed E-state index contributed by atoms with van der Waals surface area (Å²) in [5.74, 6) is 0.906. The predicted octanol–water partition coefficient (Wildman–Crippen LogP) is 7.84. The molecule has 3 aromatic rings. The number of aromatic nitrogens is 3. The Kier molecular flexibility index (Phi) is 7.47. The topological polar surface area (TPSA) is 39.9 Å². The molecule has 1 unspecified atom stereocenters. The van der Waals surface area contributed by atoms with E-state index in [9.17, 15) is 0 Å². The highest BCUT2D eigenvalue weighted by molar-refractivity contribution is 6.34. The van der Waals surface area contributed by atoms with Gasteiger partial charge in [-0.05, 0) is 62.1 Å². The van der Waals surface area contributed by atoms with Crippen LogP contribution >= 0.6 is 23.2 Å². The molecule has 3 aromatic heterocycles. The van der Waals surface area contributed by atoms with Gasteiger partial charge < -0.3 is 9.30 Å². The third-order valence-corrected chi connectivity index (χ3v) is 6.20. The number of halogens is 2. The van der Waals surface area contributed by atoms with Crippen LogP contribution in [-0.4, -0.2) is 21.6 Å². The van der Waals surface area contributed by atoms with Crippen LogP contribution in [0.4, 0.5) is 0 Å². The number of ether oxygens (including phenoxy) is 1. The van der Waals surface area contributed by atoms with Crippen LogP contribution in [0.3, 0.4) is 0 Å². The van der Waals surface area contributed by atoms with Crippen molar-refractivity contribution in [3.63, 3.8) is 0 Å². The van der Waals surface area contributed by atoms with E-state index < -0.39 is 0 Å². The third-order valence-electron chi connectivity index (χ3n) is 5.62. The SMILES string of the molecule is C=C/C=C(Cl)\C(=C\Cl)C(C)n1cc(C)c2nc(-c3ccc(C(C)C)nc3OC)c(C)cc21. The quantitative estimate of drug-likeness (QED) is 0.330. The summed E-state index contributed by atoms with van der Waals surface area (Å²) in [4.78, 5) is 9.74. The van der Waals surface area contributed by atoms with Crippen molar-refractivity contribution in [3.8, 4) is 17.1 Å². The van der Waals surface area contributed by atoms with Gasteiger partial charge in [-0.2, -0.15) is 0 Å². The summed E-state index contributed by atoms with van der Waals surface area (Å²) < 4.78 is 7.77. The van der Waals surface area contributed by atoms with Crippen molar-refractivity contribution >= 4 is 34.2 Å². The van der Waals surface area contributed by atoms with Crippen molar-refractivity contribution in [1.29, 1.82) is 0 Å². The minimum Gasteiger partial charge on any atom is -0.480 e. The molecule has 0 fully saturated rings. The highest BCUT2D eigenvalue weighted by atomic mass is 35.5. The van der Waals surface area contributed by atoms with E-state index in [1.54, 1.807) is 19.3 Å². The molecule has 0 saturated carbocycles. The molecule has 6 heteroatoms. The van der Waals surface area contributed by atoms with Gasteiger partial charge in [0.2, 0.25) is 5.88 Å². The van der Waals surface area contributed by atoms with Gasteiger partial charge in [0.25, 0.3) is 0 Å². The molecule has 1 atom stereocenters. The van der Waals surface area contributed by atoms with Crippen LogP contribution in [0.2, 0.25) is 0 Å². The van der Waals surface area contributed by atoms with Gasteiger partial charge >= 0.3 is 0 Å². The summed E-state index contributed by atoms with van der Waals surface area (Å²) in [5, 5.41) is 0.560. The molecular weight excluding hydrogens is 441 g/mol. The van der Waals surface area contributed by atoms with Crippen LogP contribution in [0.1, 0.15) is 49.6 Å². The molecule has 0 aliphatic rings. The Bertz CT molecular complexity index is 1220. The molecule has 0 aliphatic heterocycles.